The van der Waals surface area contributed by atoms with E-state index < -0.39 is 5.97 Å². The minimum absolute atomic E-state index is 0.0872. The number of para-hydroxylation sites is 1. The second kappa shape index (κ2) is 5.16. The number of hydrogen-bond donors (Lipinski definition) is 2. The Bertz CT molecular complexity index is 448. The number of nitrogen functional groups attached to an aromatic ring is 1. The Morgan fingerprint density at radius 1 is 1.61 bits per heavy atom. The summed E-state index contributed by atoms with van der Waals surface area (Å²) in [5.41, 5.74) is 7.54. The lowest BCUT2D eigenvalue weighted by Crippen LogP contribution is -2.39. The fraction of sp³-hybridized carbons (Fsp3) is 0.462. The molecule has 0 saturated carbocycles. The number of ether oxygens (including phenoxy) is 1. The van der Waals surface area contributed by atoms with Gasteiger partial charge in [0.05, 0.1) is 12.2 Å². The van der Waals surface area contributed by atoms with Crippen LogP contribution in [-0.2, 0) is 4.79 Å². The van der Waals surface area contributed by atoms with Crippen molar-refractivity contribution in [2.24, 2.45) is 0 Å². The summed E-state index contributed by atoms with van der Waals surface area (Å²) in [6.07, 6.45) is 0.869. The van der Waals surface area contributed by atoms with Crippen LogP contribution >= 0.6 is 0 Å². The Kier molecular flexibility index (Phi) is 3.60. The van der Waals surface area contributed by atoms with Gasteiger partial charge in [-0.15, -0.1) is 0 Å². The molecule has 1 heterocycles. The molecule has 0 aromatic heterocycles. The van der Waals surface area contributed by atoms with Crippen molar-refractivity contribution in [2.75, 3.05) is 23.7 Å². The van der Waals surface area contributed by atoms with Crippen LogP contribution in [0.5, 0.6) is 5.75 Å². The summed E-state index contributed by atoms with van der Waals surface area (Å²) in [5.74, 6) is 0.0154. The number of rotatable bonds is 4. The summed E-state index contributed by atoms with van der Waals surface area (Å²) in [7, 11) is 0. The van der Waals surface area contributed by atoms with Crippen molar-refractivity contribution >= 4 is 17.3 Å². The maximum Gasteiger partial charge on any atom is 0.303 e. The first-order chi connectivity index (χ1) is 8.58. The van der Waals surface area contributed by atoms with Crippen LogP contribution in [0.3, 0.4) is 0 Å². The number of benzene rings is 1. The average molecular weight is 250 g/mol. The number of carbonyl (C=O) groups is 1. The molecular weight excluding hydrogens is 232 g/mol. The molecule has 1 aliphatic rings. The molecule has 1 aliphatic heterocycles. The van der Waals surface area contributed by atoms with Crippen LogP contribution in [0.4, 0.5) is 11.4 Å². The van der Waals surface area contributed by atoms with E-state index in [2.05, 4.69) is 4.90 Å². The highest BCUT2D eigenvalue weighted by Gasteiger charge is 2.24. The van der Waals surface area contributed by atoms with E-state index in [0.29, 0.717) is 18.7 Å². The smallest absolute Gasteiger partial charge is 0.303 e. The third kappa shape index (κ3) is 2.67. The van der Waals surface area contributed by atoms with Gasteiger partial charge in [0.2, 0.25) is 0 Å². The topological polar surface area (TPSA) is 75.8 Å². The van der Waals surface area contributed by atoms with Crippen molar-refractivity contribution in [1.82, 2.24) is 0 Å². The van der Waals surface area contributed by atoms with Crippen molar-refractivity contribution in [3.8, 4) is 5.75 Å². The summed E-state index contributed by atoms with van der Waals surface area (Å²) in [5, 5.41) is 8.68. The molecule has 5 nitrogen and oxygen atoms in total. The number of fused-ring (bicyclic) bond motifs is 1. The van der Waals surface area contributed by atoms with Crippen LogP contribution in [0.25, 0.3) is 0 Å². The average Bonchev–Trinajstić information content (AvgIpc) is 2.27. The normalized spacial score (nSPS) is 18.1. The molecule has 18 heavy (non-hydrogen) atoms. The summed E-state index contributed by atoms with van der Waals surface area (Å²) in [6.45, 7) is 3.42. The molecule has 3 N–H and O–H groups in total. The largest absolute Gasteiger partial charge is 0.487 e. The number of nitrogens with zero attached hydrogens (tertiary/aromatic N) is 1. The molecule has 0 spiro atoms. The monoisotopic (exact) mass is 250 g/mol. The Morgan fingerprint density at radius 2 is 2.39 bits per heavy atom. The van der Waals surface area contributed by atoms with Crippen molar-refractivity contribution in [3.63, 3.8) is 0 Å². The van der Waals surface area contributed by atoms with E-state index in [1.807, 2.05) is 25.1 Å². The first-order valence-electron chi connectivity index (χ1n) is 6.10. The summed E-state index contributed by atoms with van der Waals surface area (Å²) < 4.78 is 5.73. The van der Waals surface area contributed by atoms with Crippen LogP contribution in [0.15, 0.2) is 18.2 Å². The van der Waals surface area contributed by atoms with E-state index >= 15 is 0 Å². The van der Waals surface area contributed by atoms with Gasteiger partial charge in [-0.25, -0.2) is 0 Å². The van der Waals surface area contributed by atoms with E-state index in [-0.39, 0.29) is 12.5 Å². The molecular formula is C13H18N2O3. The second-order valence-corrected chi connectivity index (χ2v) is 4.57. The van der Waals surface area contributed by atoms with Crippen molar-refractivity contribution in [3.05, 3.63) is 18.2 Å². The maximum atomic E-state index is 10.5. The molecule has 0 saturated heterocycles. The van der Waals surface area contributed by atoms with Gasteiger partial charge in [0.1, 0.15) is 17.5 Å². The first kappa shape index (κ1) is 12.5. The molecule has 2 rings (SSSR count). The van der Waals surface area contributed by atoms with E-state index in [1.165, 1.54) is 0 Å². The first-order valence-corrected chi connectivity index (χ1v) is 6.10. The molecule has 1 aromatic rings. The molecule has 0 bridgehead atoms. The van der Waals surface area contributed by atoms with Crippen LogP contribution in [0.1, 0.15) is 19.8 Å². The van der Waals surface area contributed by atoms with Gasteiger partial charge in [0.25, 0.3) is 0 Å². The quantitative estimate of drug-likeness (QED) is 0.796. The zero-order valence-corrected chi connectivity index (χ0v) is 10.4. The number of nitrogens with two attached hydrogens (primary N) is 1. The molecule has 0 radical (unpaired) electrons. The van der Waals surface area contributed by atoms with E-state index in [4.69, 9.17) is 15.6 Å². The lowest BCUT2D eigenvalue weighted by molar-refractivity contribution is -0.137. The molecule has 1 aromatic carbocycles. The summed E-state index contributed by atoms with van der Waals surface area (Å²) >= 11 is 0. The molecule has 98 valence electrons. The van der Waals surface area contributed by atoms with Crippen molar-refractivity contribution in [1.29, 1.82) is 0 Å². The van der Waals surface area contributed by atoms with E-state index in [1.54, 1.807) is 0 Å². The van der Waals surface area contributed by atoms with Gasteiger partial charge in [0, 0.05) is 13.0 Å². The van der Waals surface area contributed by atoms with Crippen LogP contribution < -0.4 is 15.4 Å². The van der Waals surface area contributed by atoms with Gasteiger partial charge < -0.3 is 20.5 Å². The third-order valence-electron chi connectivity index (χ3n) is 2.97. The van der Waals surface area contributed by atoms with Crippen LogP contribution in [-0.4, -0.2) is 30.3 Å². The molecule has 1 unspecified atom stereocenters. The van der Waals surface area contributed by atoms with E-state index in [9.17, 15) is 4.79 Å². The van der Waals surface area contributed by atoms with E-state index in [0.717, 1.165) is 18.0 Å². The van der Waals surface area contributed by atoms with Crippen LogP contribution in [0.2, 0.25) is 0 Å². The summed E-state index contributed by atoms with van der Waals surface area (Å²) in [6, 6.07) is 5.59. The highest BCUT2D eigenvalue weighted by molar-refractivity contribution is 5.76. The van der Waals surface area contributed by atoms with Gasteiger partial charge in [-0.05, 0) is 25.5 Å². The Balaban J connectivity index is 2.14. The minimum Gasteiger partial charge on any atom is -0.487 e. The van der Waals surface area contributed by atoms with Crippen LogP contribution in [0, 0.1) is 0 Å². The zero-order valence-electron chi connectivity index (χ0n) is 10.4. The second-order valence-electron chi connectivity index (χ2n) is 4.57. The Labute approximate surface area is 106 Å². The molecule has 0 aliphatic carbocycles. The predicted molar refractivity (Wildman–Crippen MR) is 70.0 cm³/mol. The number of aliphatic carboxylic acids is 1. The van der Waals surface area contributed by atoms with Gasteiger partial charge in [-0.3, -0.25) is 4.79 Å². The van der Waals surface area contributed by atoms with Gasteiger partial charge in [-0.1, -0.05) is 6.07 Å². The molecule has 0 amide bonds. The van der Waals surface area contributed by atoms with Gasteiger partial charge in [-0.2, -0.15) is 0 Å². The lowest BCUT2D eigenvalue weighted by Gasteiger charge is -2.35. The number of carboxylic acids is 1. The highest BCUT2D eigenvalue weighted by Crippen LogP contribution is 2.38. The van der Waals surface area contributed by atoms with Crippen molar-refractivity contribution in [2.45, 2.75) is 25.9 Å². The third-order valence-corrected chi connectivity index (χ3v) is 2.97. The molecule has 1 atom stereocenters. The van der Waals surface area contributed by atoms with Crippen molar-refractivity contribution < 1.29 is 14.6 Å². The van der Waals surface area contributed by atoms with Gasteiger partial charge >= 0.3 is 5.97 Å². The number of anilines is 2. The zero-order chi connectivity index (χ0) is 13.1. The predicted octanol–water partition coefficient (Wildman–Crippen LogP) is 1.72. The minimum atomic E-state index is -0.766. The highest BCUT2D eigenvalue weighted by atomic mass is 16.5. The summed E-state index contributed by atoms with van der Waals surface area (Å²) in [4.78, 5) is 12.7. The van der Waals surface area contributed by atoms with Gasteiger partial charge in [0.15, 0.2) is 0 Å². The Morgan fingerprint density at radius 3 is 3.11 bits per heavy atom. The Hall–Kier alpha value is -1.91. The SMILES string of the molecule is CC1CN(CCCC(=O)O)c2c(N)cccc2O1. The lowest BCUT2D eigenvalue weighted by atomic mass is 10.1. The fourth-order valence-electron chi connectivity index (χ4n) is 2.25. The number of carboxylic acid groups (broad SMARTS) is 1. The standard InChI is InChI=1S/C13H18N2O3/c1-9-8-15(7-3-6-12(16)17)13-10(14)4-2-5-11(13)18-9/h2,4-5,9H,3,6-8,14H2,1H3,(H,16,17). The molecule has 0 fully saturated rings. The fourth-order valence-corrected chi connectivity index (χ4v) is 2.25. The molecule has 5 heteroatoms. The maximum absolute atomic E-state index is 10.5. The number of hydrogen-bond acceptors (Lipinski definition) is 4.